The van der Waals surface area contributed by atoms with Gasteiger partial charge >= 0.3 is 0 Å². The number of hydrogen-bond acceptors (Lipinski definition) is 2. The molecule has 0 spiro atoms. The molecule has 1 aliphatic rings. The van der Waals surface area contributed by atoms with Gasteiger partial charge in [0.25, 0.3) is 0 Å². The molecule has 0 heterocycles. The number of benzene rings is 3. The van der Waals surface area contributed by atoms with Crippen LogP contribution in [0.25, 0.3) is 11.1 Å². The van der Waals surface area contributed by atoms with E-state index in [0.717, 1.165) is 37.6 Å². The lowest BCUT2D eigenvalue weighted by Crippen LogP contribution is -2.25. The first-order valence-corrected chi connectivity index (χ1v) is 18.7. The Labute approximate surface area is 277 Å². The van der Waals surface area contributed by atoms with Gasteiger partial charge in [-0.25, -0.2) is 0 Å². The Hall–Kier alpha value is -2.74. The number of hydrogen-bond donors (Lipinski definition) is 0. The maximum absolute atomic E-state index is 5.71. The van der Waals surface area contributed by atoms with Gasteiger partial charge in [0.2, 0.25) is 0 Å². The summed E-state index contributed by atoms with van der Waals surface area (Å²) >= 11 is 0. The van der Waals surface area contributed by atoms with Crippen LogP contribution in [-0.2, 0) is 5.41 Å². The molecule has 248 valence electrons. The minimum absolute atomic E-state index is 0.259. The van der Waals surface area contributed by atoms with Crippen molar-refractivity contribution in [3.63, 3.8) is 0 Å². The maximum Gasteiger partial charge on any atom is 0.119 e. The van der Waals surface area contributed by atoms with Crippen LogP contribution in [0, 0.1) is 0 Å². The number of ether oxygens (including phenoxy) is 2. The summed E-state index contributed by atoms with van der Waals surface area (Å²) in [5.41, 5.74) is 6.44. The van der Waals surface area contributed by atoms with Crippen molar-refractivity contribution in [3.05, 3.63) is 83.9 Å². The summed E-state index contributed by atoms with van der Waals surface area (Å²) in [7, 11) is 0. The van der Waals surface area contributed by atoms with Crippen LogP contribution >= 0.6 is 0 Å². The highest BCUT2D eigenvalue weighted by molar-refractivity contribution is 5.80. The fraction of sp³-hybridized carbons (Fsp3) is 0.581. The average molecular weight is 613 g/mol. The van der Waals surface area contributed by atoms with E-state index in [1.165, 1.54) is 114 Å². The first kappa shape index (κ1) is 36.7. The highest BCUT2D eigenvalue weighted by Gasteiger charge is 2.41. The van der Waals surface area contributed by atoms with Gasteiger partial charge in [-0.1, -0.05) is 166 Å². The quantitative estimate of drug-likeness (QED) is 0.105. The highest BCUT2D eigenvalue weighted by Crippen LogP contribution is 2.54. The van der Waals surface area contributed by atoms with Gasteiger partial charge in [-0.2, -0.15) is 0 Å². The van der Waals surface area contributed by atoms with Crippen LogP contribution in [-0.4, -0.2) is 13.2 Å². The Bertz CT molecular complexity index is 1070. The molecule has 2 heteroatoms. The van der Waals surface area contributed by atoms with E-state index in [2.05, 4.69) is 76.2 Å². The first-order valence-electron chi connectivity index (χ1n) is 18.7. The van der Waals surface area contributed by atoms with Crippen molar-refractivity contribution < 1.29 is 9.47 Å². The largest absolute Gasteiger partial charge is 0.494 e. The Morgan fingerprint density at radius 3 is 1.13 bits per heavy atom. The molecule has 0 saturated carbocycles. The molecule has 0 amide bonds. The molecular formula is C43H64O2. The minimum atomic E-state index is 0.259. The van der Waals surface area contributed by atoms with E-state index in [4.69, 9.17) is 9.47 Å². The van der Waals surface area contributed by atoms with Crippen LogP contribution in [0.3, 0.4) is 0 Å². The fourth-order valence-corrected chi connectivity index (χ4v) is 6.86. The number of unbranched alkanes of at least 4 members (excludes halogenated alkanes) is 12. The predicted octanol–water partition coefficient (Wildman–Crippen LogP) is 13.5. The Kier molecular flexibility index (Phi) is 17.9. The summed E-state index contributed by atoms with van der Waals surface area (Å²) in [4.78, 5) is 0. The number of rotatable bonds is 22. The van der Waals surface area contributed by atoms with E-state index >= 15 is 0 Å². The molecule has 0 radical (unpaired) electrons. The third kappa shape index (κ3) is 11.8. The van der Waals surface area contributed by atoms with Crippen LogP contribution in [0.5, 0.6) is 11.5 Å². The van der Waals surface area contributed by atoms with Gasteiger partial charge in [-0.3, -0.25) is 0 Å². The van der Waals surface area contributed by atoms with Crippen molar-refractivity contribution in [2.45, 2.75) is 149 Å². The van der Waals surface area contributed by atoms with Gasteiger partial charge < -0.3 is 9.47 Å². The fourth-order valence-electron chi connectivity index (χ4n) is 6.86. The van der Waals surface area contributed by atoms with Gasteiger partial charge in [-0.15, -0.1) is 0 Å². The second-order valence-corrected chi connectivity index (χ2v) is 13.1. The van der Waals surface area contributed by atoms with Gasteiger partial charge in [-0.05, 0) is 72.2 Å². The molecule has 4 rings (SSSR count). The van der Waals surface area contributed by atoms with Gasteiger partial charge in [0.15, 0.2) is 0 Å². The standard InChI is InChI=1S/C25H34.C18H30O2/c1-3-5-7-13-19-25(20-14-8-6-4-2)23-17-11-9-15-21(23)22-16-10-12-18-24(22)25;1-3-5-7-9-15-19-17-11-13-18(14-12-17)20-16-10-8-6-4-2/h9-12,15-18H,3-8,13-14,19-20H2,1-2H3;11-14H,3-10,15-16H2,1-2H3. The normalized spacial score (nSPS) is 12.6. The predicted molar refractivity (Wildman–Crippen MR) is 196 cm³/mol. The van der Waals surface area contributed by atoms with Crippen molar-refractivity contribution in [1.82, 2.24) is 0 Å². The second-order valence-electron chi connectivity index (χ2n) is 13.1. The Morgan fingerprint density at radius 2 is 0.756 bits per heavy atom. The molecule has 0 aliphatic heterocycles. The van der Waals surface area contributed by atoms with Crippen molar-refractivity contribution in [1.29, 1.82) is 0 Å². The topological polar surface area (TPSA) is 18.5 Å². The molecule has 1 aliphatic carbocycles. The molecule has 0 atom stereocenters. The molecule has 2 nitrogen and oxygen atoms in total. The van der Waals surface area contributed by atoms with Gasteiger partial charge in [0.05, 0.1) is 13.2 Å². The van der Waals surface area contributed by atoms with E-state index in [9.17, 15) is 0 Å². The highest BCUT2D eigenvalue weighted by atomic mass is 16.5. The van der Waals surface area contributed by atoms with E-state index < -0.39 is 0 Å². The van der Waals surface area contributed by atoms with E-state index in [1.807, 2.05) is 24.3 Å². The molecule has 0 saturated heterocycles. The summed E-state index contributed by atoms with van der Waals surface area (Å²) in [5, 5.41) is 0. The van der Waals surface area contributed by atoms with Crippen molar-refractivity contribution in [2.24, 2.45) is 0 Å². The third-order valence-corrected chi connectivity index (χ3v) is 9.45. The summed E-state index contributed by atoms with van der Waals surface area (Å²) in [6, 6.07) is 26.4. The average Bonchev–Trinajstić information content (AvgIpc) is 3.35. The second kappa shape index (κ2) is 21.9. The molecule has 0 aromatic heterocycles. The number of fused-ring (bicyclic) bond motifs is 3. The van der Waals surface area contributed by atoms with Crippen LogP contribution in [0.1, 0.15) is 154 Å². The van der Waals surface area contributed by atoms with Gasteiger partial charge in [0.1, 0.15) is 11.5 Å². The summed E-state index contributed by atoms with van der Waals surface area (Å²) in [5.74, 6) is 1.89. The zero-order chi connectivity index (χ0) is 32.0. The summed E-state index contributed by atoms with van der Waals surface area (Å²) in [6.07, 6.45) is 23.4. The van der Waals surface area contributed by atoms with Crippen LogP contribution in [0.15, 0.2) is 72.8 Å². The Morgan fingerprint density at radius 1 is 0.400 bits per heavy atom. The monoisotopic (exact) mass is 612 g/mol. The zero-order valence-electron chi connectivity index (χ0n) is 29.4. The minimum Gasteiger partial charge on any atom is -0.494 e. The molecule has 0 N–H and O–H groups in total. The molecule has 3 aromatic rings. The van der Waals surface area contributed by atoms with Crippen molar-refractivity contribution in [3.8, 4) is 22.6 Å². The lowest BCUT2D eigenvalue weighted by atomic mass is 9.70. The van der Waals surface area contributed by atoms with Crippen LogP contribution in [0.4, 0.5) is 0 Å². The first-order chi connectivity index (χ1) is 22.2. The van der Waals surface area contributed by atoms with E-state index in [-0.39, 0.29) is 5.41 Å². The zero-order valence-corrected chi connectivity index (χ0v) is 29.4. The molecule has 3 aromatic carbocycles. The lowest BCUT2D eigenvalue weighted by Gasteiger charge is -2.33. The molecular weight excluding hydrogens is 548 g/mol. The van der Waals surface area contributed by atoms with Crippen molar-refractivity contribution >= 4 is 0 Å². The third-order valence-electron chi connectivity index (χ3n) is 9.45. The summed E-state index contributed by atoms with van der Waals surface area (Å²) in [6.45, 7) is 10.7. The maximum atomic E-state index is 5.71. The Balaban J connectivity index is 0.000000253. The molecule has 45 heavy (non-hydrogen) atoms. The smallest absolute Gasteiger partial charge is 0.119 e. The van der Waals surface area contributed by atoms with Crippen LogP contribution < -0.4 is 9.47 Å². The lowest BCUT2D eigenvalue weighted by molar-refractivity contribution is 0.297. The van der Waals surface area contributed by atoms with E-state index in [0.29, 0.717) is 0 Å². The SMILES string of the molecule is CCCCCCC1(CCCCCC)c2ccccc2-c2ccccc21.CCCCCCOc1ccc(OCCCCCC)cc1. The van der Waals surface area contributed by atoms with Crippen molar-refractivity contribution in [2.75, 3.05) is 13.2 Å². The van der Waals surface area contributed by atoms with E-state index in [1.54, 1.807) is 11.1 Å². The summed E-state index contributed by atoms with van der Waals surface area (Å²) < 4.78 is 11.4. The molecule has 0 bridgehead atoms. The van der Waals surface area contributed by atoms with Crippen LogP contribution in [0.2, 0.25) is 0 Å². The molecule has 0 unspecified atom stereocenters. The molecule has 0 fully saturated rings. The van der Waals surface area contributed by atoms with Gasteiger partial charge in [0, 0.05) is 5.41 Å².